The highest BCUT2D eigenvalue weighted by atomic mass is 35.5. The fraction of sp³-hybridized carbons (Fsp3) is 0.382. The molecule has 210 valence electrons. The highest BCUT2D eigenvalue weighted by Gasteiger charge is 2.14. The Morgan fingerprint density at radius 1 is 0.769 bits per heavy atom. The Morgan fingerprint density at radius 2 is 1.26 bits per heavy atom. The number of hydrogen-bond acceptors (Lipinski definition) is 3. The van der Waals surface area contributed by atoms with Gasteiger partial charge in [0.15, 0.2) is 0 Å². The van der Waals surface area contributed by atoms with Crippen molar-refractivity contribution in [2.24, 2.45) is 5.92 Å². The zero-order valence-corrected chi connectivity index (χ0v) is 24.7. The third-order valence-corrected chi connectivity index (χ3v) is 7.05. The van der Waals surface area contributed by atoms with Crippen molar-refractivity contribution in [1.29, 1.82) is 0 Å². The first-order chi connectivity index (χ1) is 18.9. The van der Waals surface area contributed by atoms with Crippen LogP contribution in [0.4, 0.5) is 0 Å². The normalized spacial score (nSPS) is 11.6. The molecular formula is C34H44ClNO3. The van der Waals surface area contributed by atoms with E-state index < -0.39 is 5.97 Å². The molecule has 0 radical (unpaired) electrons. The molecule has 0 heterocycles. The maximum atomic E-state index is 10.5. The monoisotopic (exact) mass is 549 g/mol. The molecule has 0 atom stereocenters. The van der Waals surface area contributed by atoms with E-state index in [1.54, 1.807) is 0 Å². The van der Waals surface area contributed by atoms with Crippen molar-refractivity contribution in [2.45, 2.75) is 53.4 Å². The van der Waals surface area contributed by atoms with E-state index in [4.69, 9.17) is 21.4 Å². The van der Waals surface area contributed by atoms with Gasteiger partial charge >= 0.3 is 5.97 Å². The van der Waals surface area contributed by atoms with Crippen molar-refractivity contribution in [2.75, 3.05) is 26.2 Å². The molecule has 39 heavy (non-hydrogen) atoms. The first-order valence-corrected chi connectivity index (χ1v) is 14.5. The van der Waals surface area contributed by atoms with Crippen molar-refractivity contribution >= 4 is 28.2 Å². The fourth-order valence-electron chi connectivity index (χ4n) is 4.39. The van der Waals surface area contributed by atoms with E-state index >= 15 is 0 Å². The zero-order chi connectivity index (χ0) is 28.5. The number of nitrogens with zero attached hydrogens (tertiary/aromatic N) is 1. The predicted molar refractivity (Wildman–Crippen MR) is 165 cm³/mol. The summed E-state index contributed by atoms with van der Waals surface area (Å²) >= 11 is 6.87. The van der Waals surface area contributed by atoms with Gasteiger partial charge in [-0.2, -0.15) is 0 Å². The van der Waals surface area contributed by atoms with Crippen LogP contribution in [0.1, 0.15) is 70.1 Å². The Labute approximate surface area is 240 Å². The molecule has 0 aliphatic heterocycles. The van der Waals surface area contributed by atoms with E-state index in [0.29, 0.717) is 6.61 Å². The summed E-state index contributed by atoms with van der Waals surface area (Å²) in [6, 6.07) is 28.6. The van der Waals surface area contributed by atoms with Gasteiger partial charge in [0.05, 0.1) is 11.0 Å². The number of aliphatic carboxylic acids is 1. The summed E-state index contributed by atoms with van der Waals surface area (Å²) in [7, 11) is 0. The Balaban J connectivity index is 0.000000455. The van der Waals surface area contributed by atoms with Crippen LogP contribution >= 0.6 is 11.6 Å². The van der Waals surface area contributed by atoms with Crippen LogP contribution in [0.2, 0.25) is 0 Å². The summed E-state index contributed by atoms with van der Waals surface area (Å²) < 4.78 is 5.94. The van der Waals surface area contributed by atoms with E-state index in [1.807, 2.05) is 74.5 Å². The van der Waals surface area contributed by atoms with Gasteiger partial charge in [0.2, 0.25) is 0 Å². The van der Waals surface area contributed by atoms with Gasteiger partial charge in [-0.25, -0.2) is 0 Å². The molecule has 0 amide bonds. The summed E-state index contributed by atoms with van der Waals surface area (Å²) in [6.07, 6.45) is 3.58. The van der Waals surface area contributed by atoms with Crippen molar-refractivity contribution in [3.8, 4) is 5.75 Å². The summed E-state index contributed by atoms with van der Waals surface area (Å²) in [4.78, 5) is 12.8. The molecule has 3 rings (SSSR count). The maximum absolute atomic E-state index is 10.5. The third-order valence-electron chi connectivity index (χ3n) is 6.65. The lowest BCUT2D eigenvalue weighted by molar-refractivity contribution is -0.142. The van der Waals surface area contributed by atoms with Gasteiger partial charge in [-0.1, -0.05) is 125 Å². The third kappa shape index (κ3) is 10.9. The minimum Gasteiger partial charge on any atom is -0.492 e. The van der Waals surface area contributed by atoms with Crippen molar-refractivity contribution in [3.63, 3.8) is 0 Å². The van der Waals surface area contributed by atoms with E-state index in [9.17, 15) is 4.79 Å². The minimum absolute atomic E-state index is 0.102. The summed E-state index contributed by atoms with van der Waals surface area (Å²) in [6.45, 7) is 12.1. The first-order valence-electron chi connectivity index (χ1n) is 14.1. The van der Waals surface area contributed by atoms with Gasteiger partial charge in [0.1, 0.15) is 12.4 Å². The average molecular weight is 550 g/mol. The highest BCUT2D eigenvalue weighted by Crippen LogP contribution is 2.35. The van der Waals surface area contributed by atoms with Gasteiger partial charge < -0.3 is 14.7 Å². The van der Waals surface area contributed by atoms with Gasteiger partial charge in [-0.05, 0) is 54.8 Å². The molecule has 0 spiro atoms. The Morgan fingerprint density at radius 3 is 1.72 bits per heavy atom. The number of carbonyl (C=O) groups is 1. The number of benzene rings is 3. The Hall–Kier alpha value is -3.08. The number of likely N-dealkylation sites (N-methyl/N-ethyl adjacent to an activating group) is 1. The molecule has 0 aromatic heterocycles. The molecular weight excluding hydrogens is 506 g/mol. The quantitative estimate of drug-likeness (QED) is 0.204. The van der Waals surface area contributed by atoms with Gasteiger partial charge in [0.25, 0.3) is 0 Å². The highest BCUT2D eigenvalue weighted by molar-refractivity contribution is 6.53. The molecule has 3 aromatic rings. The summed E-state index contributed by atoms with van der Waals surface area (Å²) in [5.41, 5.74) is 4.19. The molecule has 3 aromatic carbocycles. The second-order valence-corrected chi connectivity index (χ2v) is 9.81. The SMILES string of the molecule is CCCC(CCC)C(=O)O.CCN(CC)CCOc1ccc(/C(=C(\Cl)c2ccccc2)c2ccccc2)cc1. The van der Waals surface area contributed by atoms with Crippen molar-refractivity contribution in [1.82, 2.24) is 4.90 Å². The van der Waals surface area contributed by atoms with Crippen LogP contribution in [-0.4, -0.2) is 42.2 Å². The molecule has 4 nitrogen and oxygen atoms in total. The van der Waals surface area contributed by atoms with Crippen molar-refractivity contribution < 1.29 is 14.6 Å². The van der Waals surface area contributed by atoms with Crippen LogP contribution in [0.25, 0.3) is 10.6 Å². The molecule has 5 heteroatoms. The first kappa shape index (κ1) is 32.1. The molecule has 1 N–H and O–H groups in total. The Kier molecular flexibility index (Phi) is 15.0. The van der Waals surface area contributed by atoms with Gasteiger partial charge in [0, 0.05) is 12.1 Å². The lowest BCUT2D eigenvalue weighted by Crippen LogP contribution is -2.27. The standard InChI is InChI=1S/C26H28ClNO.C8H16O2/c1-3-28(4-2)19-20-29-24-17-15-22(16-18-24)25(21-11-7-5-8-12-21)26(27)23-13-9-6-10-14-23;1-3-5-7(6-4-2)8(9)10/h5-18H,3-4,19-20H2,1-2H3;7H,3-6H2,1-2H3,(H,9,10)/b26-25-;. The molecule has 0 saturated heterocycles. The fourth-order valence-corrected chi connectivity index (χ4v) is 4.74. The van der Waals surface area contributed by atoms with E-state index in [1.165, 1.54) is 0 Å². The van der Waals surface area contributed by atoms with Gasteiger partial charge in [-0.3, -0.25) is 4.79 Å². The predicted octanol–water partition coefficient (Wildman–Crippen LogP) is 8.85. The van der Waals surface area contributed by atoms with E-state index in [-0.39, 0.29) is 5.92 Å². The van der Waals surface area contributed by atoms with Crippen LogP contribution in [0.5, 0.6) is 5.75 Å². The molecule has 0 saturated carbocycles. The van der Waals surface area contributed by atoms with Crippen LogP contribution in [0.3, 0.4) is 0 Å². The lowest BCUT2D eigenvalue weighted by atomic mass is 9.95. The summed E-state index contributed by atoms with van der Waals surface area (Å²) in [5.74, 6) is 0.142. The minimum atomic E-state index is -0.635. The van der Waals surface area contributed by atoms with Crippen LogP contribution < -0.4 is 4.74 Å². The Bertz CT molecular complexity index is 1100. The zero-order valence-electron chi connectivity index (χ0n) is 23.9. The number of rotatable bonds is 14. The average Bonchev–Trinajstić information content (AvgIpc) is 2.97. The smallest absolute Gasteiger partial charge is 0.306 e. The lowest BCUT2D eigenvalue weighted by Gasteiger charge is -2.18. The number of ether oxygens (including phenoxy) is 1. The molecule has 0 bridgehead atoms. The van der Waals surface area contributed by atoms with Crippen LogP contribution in [0.15, 0.2) is 84.9 Å². The van der Waals surface area contributed by atoms with E-state index in [2.05, 4.69) is 43.0 Å². The molecule has 0 aliphatic carbocycles. The number of hydrogen-bond donors (Lipinski definition) is 1. The second-order valence-electron chi connectivity index (χ2n) is 9.43. The number of carboxylic acids is 1. The van der Waals surface area contributed by atoms with Crippen LogP contribution in [-0.2, 0) is 4.79 Å². The molecule has 0 unspecified atom stereocenters. The number of halogens is 1. The molecule has 0 aliphatic rings. The topological polar surface area (TPSA) is 49.8 Å². The summed E-state index contributed by atoms with van der Waals surface area (Å²) in [5, 5.41) is 9.38. The molecule has 0 fully saturated rings. The van der Waals surface area contributed by atoms with Gasteiger partial charge in [-0.15, -0.1) is 0 Å². The number of carboxylic acid groups (broad SMARTS) is 1. The second kappa shape index (κ2) is 18.3. The largest absolute Gasteiger partial charge is 0.492 e. The van der Waals surface area contributed by atoms with Crippen LogP contribution in [0, 0.1) is 5.92 Å². The van der Waals surface area contributed by atoms with Crippen molar-refractivity contribution in [3.05, 3.63) is 102 Å². The van der Waals surface area contributed by atoms with E-state index in [0.717, 1.165) is 78.4 Å². The maximum Gasteiger partial charge on any atom is 0.306 e.